The van der Waals surface area contributed by atoms with Crippen LogP contribution in [0.4, 0.5) is 18.9 Å². The number of aromatic amines is 1. The number of aromatic nitrogens is 1. The molecule has 0 atom stereocenters. The van der Waals surface area contributed by atoms with Gasteiger partial charge in [0, 0.05) is 23.0 Å². The molecule has 0 radical (unpaired) electrons. The van der Waals surface area contributed by atoms with Crippen LogP contribution in [0.1, 0.15) is 24.1 Å². The highest BCUT2D eigenvalue weighted by atomic mass is 32.2. The van der Waals surface area contributed by atoms with Gasteiger partial charge in [0.2, 0.25) is 10.0 Å². The van der Waals surface area contributed by atoms with Gasteiger partial charge >= 0.3 is 6.18 Å². The molecule has 0 saturated heterocycles. The molecular formula is C14H14F3N3O2S. The van der Waals surface area contributed by atoms with Gasteiger partial charge in [-0.3, -0.25) is 4.72 Å². The van der Waals surface area contributed by atoms with Crippen molar-refractivity contribution < 1.29 is 21.6 Å². The van der Waals surface area contributed by atoms with Crippen LogP contribution in [-0.4, -0.2) is 25.3 Å². The summed E-state index contributed by atoms with van der Waals surface area (Å²) in [4.78, 5) is 2.89. The third kappa shape index (κ3) is 4.39. The monoisotopic (exact) mass is 345 g/mol. The zero-order valence-electron chi connectivity index (χ0n) is 12.2. The van der Waals surface area contributed by atoms with Crippen molar-refractivity contribution in [2.45, 2.75) is 25.9 Å². The average molecular weight is 345 g/mol. The normalized spacial score (nSPS) is 12.3. The number of anilines is 1. The number of fused-ring (bicyclic) bond motifs is 1. The fourth-order valence-corrected chi connectivity index (χ4v) is 3.31. The summed E-state index contributed by atoms with van der Waals surface area (Å²) in [6.45, 7) is 1.72. The molecular weight excluding hydrogens is 331 g/mol. The van der Waals surface area contributed by atoms with Gasteiger partial charge in [0.25, 0.3) is 0 Å². The lowest BCUT2D eigenvalue weighted by atomic mass is 10.1. The molecule has 0 spiro atoms. The molecule has 0 bridgehead atoms. The molecule has 1 heterocycles. The Morgan fingerprint density at radius 1 is 1.35 bits per heavy atom. The summed E-state index contributed by atoms with van der Waals surface area (Å²) in [5, 5.41) is 9.63. The number of nitriles is 1. The van der Waals surface area contributed by atoms with Crippen LogP contribution in [0.5, 0.6) is 0 Å². The topological polar surface area (TPSA) is 85.8 Å². The second-order valence-corrected chi connectivity index (χ2v) is 6.98. The number of hydrogen-bond acceptors (Lipinski definition) is 3. The maximum Gasteiger partial charge on any atom is 0.389 e. The van der Waals surface area contributed by atoms with E-state index in [0.29, 0.717) is 22.2 Å². The predicted molar refractivity (Wildman–Crippen MR) is 80.4 cm³/mol. The zero-order valence-corrected chi connectivity index (χ0v) is 13.0. The molecule has 0 aliphatic carbocycles. The first-order chi connectivity index (χ1) is 10.6. The molecule has 23 heavy (non-hydrogen) atoms. The fourth-order valence-electron chi connectivity index (χ4n) is 2.20. The average Bonchev–Trinajstić information content (AvgIpc) is 2.73. The highest BCUT2D eigenvalue weighted by molar-refractivity contribution is 7.92. The Bertz CT molecular complexity index is 864. The van der Waals surface area contributed by atoms with Crippen LogP contribution in [-0.2, 0) is 10.0 Å². The third-order valence-corrected chi connectivity index (χ3v) is 4.69. The Balaban J connectivity index is 2.15. The second-order valence-electron chi connectivity index (χ2n) is 5.14. The molecule has 2 aromatic rings. The molecule has 0 saturated carbocycles. The lowest BCUT2D eigenvalue weighted by Crippen LogP contribution is -2.18. The molecule has 0 fully saturated rings. The van der Waals surface area contributed by atoms with Crippen LogP contribution >= 0.6 is 0 Å². The van der Waals surface area contributed by atoms with E-state index in [9.17, 15) is 21.6 Å². The fraction of sp³-hybridized carbons (Fsp3) is 0.357. The number of nitrogens with zero attached hydrogens (tertiary/aromatic N) is 1. The number of H-pyrrole nitrogens is 1. The molecule has 124 valence electrons. The SMILES string of the molecule is Cc1c(C#N)[nH]c2ccc(NS(=O)(=O)CCCC(F)(F)F)cc12. The largest absolute Gasteiger partial charge is 0.389 e. The van der Waals surface area contributed by atoms with E-state index in [-0.39, 0.29) is 5.69 Å². The van der Waals surface area contributed by atoms with Crippen LogP contribution in [0.3, 0.4) is 0 Å². The first-order valence-electron chi connectivity index (χ1n) is 6.71. The quantitative estimate of drug-likeness (QED) is 0.870. The Morgan fingerprint density at radius 3 is 2.65 bits per heavy atom. The van der Waals surface area contributed by atoms with Gasteiger partial charge < -0.3 is 4.98 Å². The van der Waals surface area contributed by atoms with E-state index in [1.165, 1.54) is 6.07 Å². The number of halogens is 3. The van der Waals surface area contributed by atoms with E-state index in [1.807, 2.05) is 6.07 Å². The minimum atomic E-state index is -4.37. The number of hydrogen-bond donors (Lipinski definition) is 2. The highest BCUT2D eigenvalue weighted by Gasteiger charge is 2.27. The first kappa shape index (κ1) is 17.1. The summed E-state index contributed by atoms with van der Waals surface area (Å²) in [5.41, 5.74) is 1.99. The van der Waals surface area contributed by atoms with Gasteiger partial charge in [-0.25, -0.2) is 8.42 Å². The molecule has 0 unspecified atom stereocenters. The van der Waals surface area contributed by atoms with E-state index in [1.54, 1.807) is 19.1 Å². The summed E-state index contributed by atoms with van der Waals surface area (Å²) >= 11 is 0. The van der Waals surface area contributed by atoms with Crippen LogP contribution in [0, 0.1) is 18.3 Å². The molecule has 9 heteroatoms. The van der Waals surface area contributed by atoms with Crippen LogP contribution < -0.4 is 4.72 Å². The van der Waals surface area contributed by atoms with E-state index >= 15 is 0 Å². The number of rotatable bonds is 5. The molecule has 5 nitrogen and oxygen atoms in total. The van der Waals surface area contributed by atoms with E-state index in [0.717, 1.165) is 0 Å². The van der Waals surface area contributed by atoms with Crippen molar-refractivity contribution in [1.82, 2.24) is 4.98 Å². The minimum absolute atomic E-state index is 0.246. The van der Waals surface area contributed by atoms with Crippen molar-refractivity contribution in [2.24, 2.45) is 0 Å². The van der Waals surface area contributed by atoms with Gasteiger partial charge in [0.15, 0.2) is 0 Å². The molecule has 1 aromatic carbocycles. The van der Waals surface area contributed by atoms with E-state index in [2.05, 4.69) is 9.71 Å². The number of aryl methyl sites for hydroxylation is 1. The molecule has 2 N–H and O–H groups in total. The standard InChI is InChI=1S/C14H14F3N3O2S/c1-9-11-7-10(3-4-12(11)19-13(9)8-18)20-23(21,22)6-2-5-14(15,16)17/h3-4,7,19-20H,2,5-6H2,1H3. The molecule has 2 rings (SSSR count). The number of alkyl halides is 3. The van der Waals surface area contributed by atoms with Gasteiger partial charge in [-0.2, -0.15) is 18.4 Å². The molecule has 1 aromatic heterocycles. The zero-order chi connectivity index (χ0) is 17.3. The number of sulfonamides is 1. The lowest BCUT2D eigenvalue weighted by Gasteiger charge is -2.09. The van der Waals surface area contributed by atoms with Crippen molar-refractivity contribution in [3.63, 3.8) is 0 Å². The first-order valence-corrected chi connectivity index (χ1v) is 8.36. The molecule has 0 aliphatic rings. The maximum atomic E-state index is 12.1. The van der Waals surface area contributed by atoms with Gasteiger partial charge in [-0.05, 0) is 37.1 Å². The van der Waals surface area contributed by atoms with Crippen molar-refractivity contribution in [1.29, 1.82) is 5.26 Å². The Kier molecular flexibility index (Phi) is 4.56. The van der Waals surface area contributed by atoms with Crippen LogP contribution in [0.25, 0.3) is 10.9 Å². The van der Waals surface area contributed by atoms with Gasteiger partial charge in [-0.15, -0.1) is 0 Å². The number of nitrogens with one attached hydrogen (secondary N) is 2. The summed E-state index contributed by atoms with van der Waals surface area (Å²) in [7, 11) is -3.86. The molecule has 0 aliphatic heterocycles. The predicted octanol–water partition coefficient (Wildman–Crippen LogP) is 3.43. The van der Waals surface area contributed by atoms with E-state index < -0.39 is 34.8 Å². The van der Waals surface area contributed by atoms with Crippen LogP contribution in [0.15, 0.2) is 18.2 Å². The summed E-state index contributed by atoms with van der Waals surface area (Å²) in [6, 6.07) is 6.63. The summed E-state index contributed by atoms with van der Waals surface area (Å²) in [5.74, 6) is -0.611. The van der Waals surface area contributed by atoms with Crippen molar-refractivity contribution >= 4 is 26.6 Å². The minimum Gasteiger partial charge on any atom is -0.346 e. The van der Waals surface area contributed by atoms with E-state index in [4.69, 9.17) is 5.26 Å². The maximum absolute atomic E-state index is 12.1. The lowest BCUT2D eigenvalue weighted by molar-refractivity contribution is -0.134. The summed E-state index contributed by atoms with van der Waals surface area (Å²) < 4.78 is 62.1. The molecule has 0 amide bonds. The van der Waals surface area contributed by atoms with Gasteiger partial charge in [0.1, 0.15) is 11.8 Å². The smallest absolute Gasteiger partial charge is 0.346 e. The van der Waals surface area contributed by atoms with Crippen molar-refractivity contribution in [3.05, 3.63) is 29.5 Å². The second kappa shape index (κ2) is 6.12. The van der Waals surface area contributed by atoms with Gasteiger partial charge in [-0.1, -0.05) is 0 Å². The Morgan fingerprint density at radius 2 is 2.04 bits per heavy atom. The third-order valence-electron chi connectivity index (χ3n) is 3.32. The highest BCUT2D eigenvalue weighted by Crippen LogP contribution is 2.26. The van der Waals surface area contributed by atoms with Gasteiger partial charge in [0.05, 0.1) is 5.75 Å². The van der Waals surface area contributed by atoms with Crippen LogP contribution in [0.2, 0.25) is 0 Å². The Labute approximate surface area is 131 Å². The van der Waals surface area contributed by atoms with Crippen molar-refractivity contribution in [3.8, 4) is 6.07 Å². The summed E-state index contributed by atoms with van der Waals surface area (Å²) in [6.07, 6.45) is -6.01. The Hall–Kier alpha value is -2.21. The van der Waals surface area contributed by atoms with Crippen molar-refractivity contribution in [2.75, 3.05) is 10.5 Å². The number of benzene rings is 1.